The van der Waals surface area contributed by atoms with Gasteiger partial charge in [-0.3, -0.25) is 0 Å². The second kappa shape index (κ2) is 4.55. The fourth-order valence-electron chi connectivity index (χ4n) is 1.74. The Kier molecular flexibility index (Phi) is 3.43. The van der Waals surface area contributed by atoms with E-state index in [2.05, 4.69) is 31.5 Å². The summed E-state index contributed by atoms with van der Waals surface area (Å²) in [7, 11) is 1.72. The van der Waals surface area contributed by atoms with E-state index in [1.54, 1.807) is 7.11 Å². The fourth-order valence-corrected chi connectivity index (χ4v) is 2.37. The molecule has 1 heterocycles. The molecule has 0 fully saturated rings. The van der Waals surface area contributed by atoms with E-state index in [1.807, 2.05) is 26.0 Å². The number of aromatic amines is 1. The summed E-state index contributed by atoms with van der Waals surface area (Å²) in [6.07, 6.45) is 0. The van der Waals surface area contributed by atoms with Gasteiger partial charge in [-0.05, 0) is 44.3 Å². The summed E-state index contributed by atoms with van der Waals surface area (Å²) < 4.78 is 9.28. The van der Waals surface area contributed by atoms with Crippen LogP contribution in [0.1, 0.15) is 13.8 Å². The van der Waals surface area contributed by atoms with Gasteiger partial charge in [-0.1, -0.05) is 15.9 Å². The van der Waals surface area contributed by atoms with Gasteiger partial charge in [0.1, 0.15) is 0 Å². The zero-order valence-corrected chi connectivity index (χ0v) is 12.5. The number of H-pyrrole nitrogens is 1. The Morgan fingerprint density at radius 3 is 2.82 bits per heavy atom. The van der Waals surface area contributed by atoms with Crippen molar-refractivity contribution in [3.05, 3.63) is 27.4 Å². The number of nitrogens with one attached hydrogen (secondary N) is 1. The predicted molar refractivity (Wildman–Crippen MR) is 75.9 cm³/mol. The monoisotopic (exact) mass is 314 g/mol. The van der Waals surface area contributed by atoms with E-state index in [1.165, 1.54) is 0 Å². The van der Waals surface area contributed by atoms with Crippen molar-refractivity contribution >= 4 is 39.2 Å². The van der Waals surface area contributed by atoms with Gasteiger partial charge in [0.25, 0.3) is 0 Å². The molecule has 0 saturated heterocycles. The number of imidazole rings is 1. The van der Waals surface area contributed by atoms with E-state index in [0.717, 1.165) is 26.8 Å². The predicted octanol–water partition coefficient (Wildman–Crippen LogP) is 3.89. The van der Waals surface area contributed by atoms with Crippen molar-refractivity contribution in [2.24, 2.45) is 0 Å². The summed E-state index contributed by atoms with van der Waals surface area (Å²) in [5.41, 5.74) is 1.90. The first-order chi connectivity index (χ1) is 7.93. The Morgan fingerprint density at radius 1 is 1.47 bits per heavy atom. The highest BCUT2D eigenvalue weighted by atomic mass is 79.9. The molecule has 0 bridgehead atoms. The van der Waals surface area contributed by atoms with Crippen LogP contribution < -0.4 is 0 Å². The van der Waals surface area contributed by atoms with Gasteiger partial charge < -0.3 is 14.3 Å². The van der Waals surface area contributed by atoms with E-state index in [9.17, 15) is 0 Å². The Balaban J connectivity index is 2.54. The third-order valence-corrected chi connectivity index (χ3v) is 3.64. The number of benzene rings is 1. The number of ether oxygens (including phenoxy) is 1. The highest BCUT2D eigenvalue weighted by Gasteiger charge is 2.19. The third kappa shape index (κ3) is 2.61. The van der Waals surface area contributed by atoms with Crippen molar-refractivity contribution in [1.82, 2.24) is 9.55 Å². The van der Waals surface area contributed by atoms with E-state index >= 15 is 0 Å². The number of hydrogen-bond acceptors (Lipinski definition) is 2. The van der Waals surface area contributed by atoms with Gasteiger partial charge in [0.15, 0.2) is 4.77 Å². The Morgan fingerprint density at radius 2 is 2.18 bits per heavy atom. The van der Waals surface area contributed by atoms with E-state index < -0.39 is 0 Å². The van der Waals surface area contributed by atoms with Gasteiger partial charge in [-0.2, -0.15) is 0 Å². The lowest BCUT2D eigenvalue weighted by atomic mass is 10.1. The van der Waals surface area contributed by atoms with Crippen molar-refractivity contribution < 1.29 is 4.74 Å². The van der Waals surface area contributed by atoms with Gasteiger partial charge in [0.2, 0.25) is 0 Å². The topological polar surface area (TPSA) is 29.9 Å². The minimum Gasteiger partial charge on any atom is -0.377 e. The number of aromatic nitrogens is 2. The molecule has 92 valence electrons. The molecule has 0 saturated carbocycles. The zero-order valence-electron chi connectivity index (χ0n) is 10.1. The maximum atomic E-state index is 5.45. The van der Waals surface area contributed by atoms with Crippen LogP contribution in [0.2, 0.25) is 0 Å². The van der Waals surface area contributed by atoms with E-state index in [0.29, 0.717) is 0 Å². The smallest absolute Gasteiger partial charge is 0.178 e. The zero-order chi connectivity index (χ0) is 12.6. The minimum absolute atomic E-state index is 0.236. The quantitative estimate of drug-likeness (QED) is 0.871. The normalized spacial score (nSPS) is 12.2. The molecule has 3 nitrogen and oxygen atoms in total. The van der Waals surface area contributed by atoms with Gasteiger partial charge in [-0.25, -0.2) is 0 Å². The second-order valence-corrected chi connectivity index (χ2v) is 5.94. The lowest BCUT2D eigenvalue weighted by Crippen LogP contribution is -2.29. The van der Waals surface area contributed by atoms with Crippen LogP contribution in [-0.2, 0) is 11.3 Å². The minimum atomic E-state index is -0.236. The Labute approximate surface area is 114 Å². The first-order valence-corrected chi connectivity index (χ1v) is 6.56. The lowest BCUT2D eigenvalue weighted by Gasteiger charge is -2.23. The standard InChI is InChI=1S/C12H15BrN2OS/c1-12(2,16-3)7-15-10-5-4-8(13)6-9(10)14-11(15)17/h4-6H,7H2,1-3H3,(H,14,17). The molecule has 2 rings (SSSR count). The molecule has 0 aliphatic heterocycles. The molecule has 0 radical (unpaired) electrons. The first kappa shape index (κ1) is 12.8. The lowest BCUT2D eigenvalue weighted by molar-refractivity contribution is 0.00873. The van der Waals surface area contributed by atoms with Crippen LogP contribution in [0.4, 0.5) is 0 Å². The van der Waals surface area contributed by atoms with Crippen molar-refractivity contribution in [2.75, 3.05) is 7.11 Å². The van der Waals surface area contributed by atoms with Gasteiger partial charge in [0.05, 0.1) is 23.2 Å². The van der Waals surface area contributed by atoms with E-state index in [4.69, 9.17) is 17.0 Å². The molecule has 1 N–H and O–H groups in total. The Bertz CT molecular complexity index is 600. The molecular formula is C12H15BrN2OS. The summed E-state index contributed by atoms with van der Waals surface area (Å²) in [5.74, 6) is 0. The van der Waals surface area contributed by atoms with Crippen LogP contribution >= 0.6 is 28.1 Å². The second-order valence-electron chi connectivity index (χ2n) is 4.64. The van der Waals surface area contributed by atoms with Gasteiger partial charge in [-0.15, -0.1) is 0 Å². The highest BCUT2D eigenvalue weighted by molar-refractivity contribution is 9.10. The van der Waals surface area contributed by atoms with Crippen molar-refractivity contribution in [1.29, 1.82) is 0 Å². The molecule has 1 aromatic carbocycles. The maximum absolute atomic E-state index is 5.45. The Hall–Kier alpha value is -0.650. The van der Waals surface area contributed by atoms with Crippen LogP contribution in [-0.4, -0.2) is 22.3 Å². The van der Waals surface area contributed by atoms with Crippen LogP contribution in [0.3, 0.4) is 0 Å². The average molecular weight is 315 g/mol. The number of methoxy groups -OCH3 is 1. The molecule has 0 aliphatic rings. The van der Waals surface area contributed by atoms with Crippen LogP contribution in [0.15, 0.2) is 22.7 Å². The van der Waals surface area contributed by atoms with Crippen LogP contribution in [0.25, 0.3) is 11.0 Å². The summed E-state index contributed by atoms with van der Waals surface area (Å²) in [5, 5.41) is 0. The van der Waals surface area contributed by atoms with Gasteiger partial charge >= 0.3 is 0 Å². The van der Waals surface area contributed by atoms with Gasteiger partial charge in [0, 0.05) is 11.6 Å². The number of hydrogen-bond donors (Lipinski definition) is 1. The number of rotatable bonds is 3. The average Bonchev–Trinajstić information content (AvgIpc) is 2.54. The van der Waals surface area contributed by atoms with Crippen LogP contribution in [0.5, 0.6) is 0 Å². The molecule has 1 aromatic heterocycles. The largest absolute Gasteiger partial charge is 0.377 e. The SMILES string of the molecule is COC(C)(C)Cn1c(=S)[nH]c2cc(Br)ccc21. The molecular weight excluding hydrogens is 300 g/mol. The summed E-state index contributed by atoms with van der Waals surface area (Å²) in [6.45, 7) is 4.82. The van der Waals surface area contributed by atoms with Crippen molar-refractivity contribution in [3.8, 4) is 0 Å². The number of nitrogens with zero attached hydrogens (tertiary/aromatic N) is 1. The molecule has 5 heteroatoms. The van der Waals surface area contributed by atoms with Crippen molar-refractivity contribution in [3.63, 3.8) is 0 Å². The van der Waals surface area contributed by atoms with Crippen molar-refractivity contribution in [2.45, 2.75) is 26.0 Å². The van der Waals surface area contributed by atoms with E-state index in [-0.39, 0.29) is 5.60 Å². The maximum Gasteiger partial charge on any atom is 0.178 e. The van der Waals surface area contributed by atoms with Crippen LogP contribution in [0, 0.1) is 4.77 Å². The first-order valence-electron chi connectivity index (χ1n) is 5.36. The molecule has 2 aromatic rings. The molecule has 0 spiro atoms. The molecule has 17 heavy (non-hydrogen) atoms. The molecule has 0 atom stereocenters. The summed E-state index contributed by atoms with van der Waals surface area (Å²) >= 11 is 8.80. The molecule has 0 aliphatic carbocycles. The molecule has 0 amide bonds. The number of halogens is 1. The third-order valence-electron chi connectivity index (χ3n) is 2.83. The summed E-state index contributed by atoms with van der Waals surface area (Å²) in [6, 6.07) is 6.10. The summed E-state index contributed by atoms with van der Waals surface area (Å²) in [4.78, 5) is 3.21. The number of fused-ring (bicyclic) bond motifs is 1. The molecule has 0 unspecified atom stereocenters. The fraction of sp³-hybridized carbons (Fsp3) is 0.417. The highest BCUT2D eigenvalue weighted by Crippen LogP contribution is 2.22.